The summed E-state index contributed by atoms with van der Waals surface area (Å²) < 4.78 is 2.52. The predicted molar refractivity (Wildman–Crippen MR) is 129 cm³/mol. The van der Waals surface area contributed by atoms with Crippen LogP contribution in [0.2, 0.25) is 0 Å². The van der Waals surface area contributed by atoms with Gasteiger partial charge in [-0.15, -0.1) is 10.2 Å². The first-order valence-corrected chi connectivity index (χ1v) is 11.4. The third-order valence-electron chi connectivity index (χ3n) is 4.52. The van der Waals surface area contributed by atoms with Gasteiger partial charge in [0, 0.05) is 28.0 Å². The number of phenols is 1. The van der Waals surface area contributed by atoms with Crippen LogP contribution in [-0.4, -0.2) is 36.5 Å². The number of para-hydroxylation sites is 1. The van der Waals surface area contributed by atoms with E-state index >= 15 is 0 Å². The fourth-order valence-corrected chi connectivity index (χ4v) is 4.17. The molecule has 0 unspecified atom stereocenters. The van der Waals surface area contributed by atoms with E-state index in [1.165, 1.54) is 18.2 Å². The van der Waals surface area contributed by atoms with E-state index in [1.54, 1.807) is 28.8 Å². The van der Waals surface area contributed by atoms with Gasteiger partial charge >= 0.3 is 0 Å². The zero-order valence-corrected chi connectivity index (χ0v) is 19.3. The van der Waals surface area contributed by atoms with Gasteiger partial charge in [-0.3, -0.25) is 19.5 Å². The van der Waals surface area contributed by atoms with Gasteiger partial charge < -0.3 is 10.4 Å². The smallest absolute Gasteiger partial charge is 0.271 e. The zero-order valence-electron chi connectivity index (χ0n) is 16.9. The van der Waals surface area contributed by atoms with Crippen LogP contribution in [0.1, 0.15) is 0 Å². The molecule has 0 aliphatic heterocycles. The maximum absolute atomic E-state index is 12.5. The molecule has 0 atom stereocenters. The molecule has 0 aliphatic carbocycles. The third kappa shape index (κ3) is 5.21. The number of nitro benzene ring substituents is 1. The Morgan fingerprint density at radius 3 is 2.64 bits per heavy atom. The summed E-state index contributed by atoms with van der Waals surface area (Å²) in [6, 6.07) is 20.1. The number of nitrogens with zero attached hydrogens (tertiary/aromatic N) is 4. The monoisotopic (exact) mass is 525 g/mol. The highest BCUT2D eigenvalue weighted by Gasteiger charge is 2.20. The highest BCUT2D eigenvalue weighted by Crippen LogP contribution is 2.34. The topological polar surface area (TPSA) is 123 Å². The van der Waals surface area contributed by atoms with Gasteiger partial charge in [0.15, 0.2) is 11.0 Å². The number of phenolic OH excluding ortho intramolecular Hbond substituents is 1. The van der Waals surface area contributed by atoms with Crippen LogP contribution in [-0.2, 0) is 4.79 Å². The Bertz CT molecular complexity index is 1330. The van der Waals surface area contributed by atoms with Gasteiger partial charge in [-0.25, -0.2) is 0 Å². The van der Waals surface area contributed by atoms with Gasteiger partial charge in [0.05, 0.1) is 16.2 Å². The molecule has 1 amide bonds. The number of amides is 1. The van der Waals surface area contributed by atoms with Crippen molar-refractivity contribution >= 4 is 45.0 Å². The number of rotatable bonds is 7. The standard InChI is InChI=1S/C22H16BrN5O4S/c23-14-9-10-19(29)18(11-14)21-25-26-22(27(21)16-6-2-1-3-7-16)33-13-20(30)24-15-5-4-8-17(12-15)28(31)32/h1-12,29H,13H2,(H,24,30). The Morgan fingerprint density at radius 1 is 1.09 bits per heavy atom. The average molecular weight is 526 g/mol. The van der Waals surface area contributed by atoms with Crippen molar-refractivity contribution in [3.63, 3.8) is 0 Å². The number of nitrogens with one attached hydrogen (secondary N) is 1. The molecule has 0 fully saturated rings. The first kappa shape index (κ1) is 22.5. The van der Waals surface area contributed by atoms with Crippen molar-refractivity contribution in [3.05, 3.63) is 87.4 Å². The summed E-state index contributed by atoms with van der Waals surface area (Å²) in [6.07, 6.45) is 0. The SMILES string of the molecule is O=C(CSc1nnc(-c2cc(Br)ccc2O)n1-c1ccccc1)Nc1cccc([N+](=O)[O-])c1. The van der Waals surface area contributed by atoms with Gasteiger partial charge in [0.25, 0.3) is 5.69 Å². The molecule has 1 aromatic heterocycles. The van der Waals surface area contributed by atoms with E-state index in [1.807, 2.05) is 30.3 Å². The minimum Gasteiger partial charge on any atom is -0.507 e. The van der Waals surface area contributed by atoms with Crippen molar-refractivity contribution in [2.75, 3.05) is 11.1 Å². The molecule has 33 heavy (non-hydrogen) atoms. The summed E-state index contributed by atoms with van der Waals surface area (Å²) in [5.41, 5.74) is 1.47. The maximum atomic E-state index is 12.5. The van der Waals surface area contributed by atoms with Gasteiger partial charge in [0.2, 0.25) is 5.91 Å². The molecule has 4 aromatic rings. The number of nitro groups is 1. The molecule has 0 saturated heterocycles. The van der Waals surface area contributed by atoms with Crippen LogP contribution in [0, 0.1) is 10.1 Å². The molecule has 11 heteroatoms. The van der Waals surface area contributed by atoms with Gasteiger partial charge in [-0.1, -0.05) is 52.0 Å². The summed E-state index contributed by atoms with van der Waals surface area (Å²) in [4.78, 5) is 22.9. The Hall–Kier alpha value is -3.70. The summed E-state index contributed by atoms with van der Waals surface area (Å²) >= 11 is 4.56. The van der Waals surface area contributed by atoms with Crippen LogP contribution >= 0.6 is 27.7 Å². The highest BCUT2D eigenvalue weighted by atomic mass is 79.9. The summed E-state index contributed by atoms with van der Waals surface area (Å²) in [5.74, 6) is 0.109. The molecular weight excluding hydrogens is 510 g/mol. The first-order chi connectivity index (χ1) is 15.9. The van der Waals surface area contributed by atoms with E-state index in [0.717, 1.165) is 21.9 Å². The van der Waals surface area contributed by atoms with Crippen LogP contribution in [0.4, 0.5) is 11.4 Å². The minimum atomic E-state index is -0.522. The lowest BCUT2D eigenvalue weighted by Gasteiger charge is -2.11. The second kappa shape index (κ2) is 9.84. The van der Waals surface area contributed by atoms with E-state index in [-0.39, 0.29) is 23.1 Å². The molecule has 4 rings (SSSR count). The van der Waals surface area contributed by atoms with Gasteiger partial charge in [-0.05, 0) is 36.4 Å². The Labute approximate surface area is 200 Å². The Morgan fingerprint density at radius 2 is 1.88 bits per heavy atom. The number of aromatic hydroxyl groups is 1. The molecule has 1 heterocycles. The number of aromatic nitrogens is 3. The number of halogens is 1. The maximum Gasteiger partial charge on any atom is 0.271 e. The Kier molecular flexibility index (Phi) is 6.71. The summed E-state index contributed by atoms with van der Waals surface area (Å²) in [7, 11) is 0. The van der Waals surface area contributed by atoms with Gasteiger partial charge in [-0.2, -0.15) is 0 Å². The van der Waals surface area contributed by atoms with Crippen molar-refractivity contribution in [1.29, 1.82) is 0 Å². The van der Waals surface area contributed by atoms with Crippen LogP contribution in [0.25, 0.3) is 17.1 Å². The van der Waals surface area contributed by atoms with Crippen molar-refractivity contribution in [2.24, 2.45) is 0 Å². The number of thioether (sulfide) groups is 1. The number of hydrogen-bond acceptors (Lipinski definition) is 7. The van der Waals surface area contributed by atoms with E-state index in [9.17, 15) is 20.0 Å². The van der Waals surface area contributed by atoms with Crippen molar-refractivity contribution in [2.45, 2.75) is 5.16 Å². The lowest BCUT2D eigenvalue weighted by Crippen LogP contribution is -2.14. The van der Waals surface area contributed by atoms with Crippen LogP contribution in [0.3, 0.4) is 0 Å². The molecule has 0 bridgehead atoms. The second-order valence-electron chi connectivity index (χ2n) is 6.78. The highest BCUT2D eigenvalue weighted by molar-refractivity contribution is 9.10. The number of carbonyl (C=O) groups is 1. The van der Waals surface area contributed by atoms with E-state index in [2.05, 4.69) is 31.4 Å². The summed E-state index contributed by atoms with van der Waals surface area (Å²) in [5, 5.41) is 32.9. The number of non-ortho nitro benzene ring substituents is 1. The third-order valence-corrected chi connectivity index (χ3v) is 5.94. The minimum absolute atomic E-state index is 0.00186. The van der Waals surface area contributed by atoms with E-state index in [4.69, 9.17) is 0 Å². The van der Waals surface area contributed by atoms with E-state index in [0.29, 0.717) is 22.2 Å². The quantitative estimate of drug-likeness (QED) is 0.196. The summed E-state index contributed by atoms with van der Waals surface area (Å²) in [6.45, 7) is 0. The molecule has 0 aliphatic rings. The lowest BCUT2D eigenvalue weighted by molar-refractivity contribution is -0.384. The van der Waals surface area contributed by atoms with Crippen molar-refractivity contribution < 1.29 is 14.8 Å². The fourth-order valence-electron chi connectivity index (χ4n) is 3.06. The van der Waals surface area contributed by atoms with Crippen molar-refractivity contribution in [1.82, 2.24) is 14.8 Å². The van der Waals surface area contributed by atoms with Crippen LogP contribution < -0.4 is 5.32 Å². The fraction of sp³-hybridized carbons (Fsp3) is 0.0455. The number of anilines is 1. The number of hydrogen-bond donors (Lipinski definition) is 2. The number of carbonyl (C=O) groups excluding carboxylic acids is 1. The molecule has 0 saturated carbocycles. The number of benzene rings is 3. The zero-order chi connectivity index (χ0) is 23.4. The lowest BCUT2D eigenvalue weighted by atomic mass is 10.2. The molecule has 9 nitrogen and oxygen atoms in total. The average Bonchev–Trinajstić information content (AvgIpc) is 3.24. The molecule has 166 valence electrons. The van der Waals surface area contributed by atoms with Crippen molar-refractivity contribution in [3.8, 4) is 22.8 Å². The van der Waals surface area contributed by atoms with E-state index < -0.39 is 4.92 Å². The molecule has 3 aromatic carbocycles. The molecule has 0 radical (unpaired) electrons. The predicted octanol–water partition coefficient (Wildman–Crippen LogP) is 5.04. The Balaban J connectivity index is 1.60. The normalized spacial score (nSPS) is 10.7. The van der Waals surface area contributed by atoms with Crippen LogP contribution in [0.15, 0.2) is 82.4 Å². The molecular formula is C22H16BrN5O4S. The van der Waals surface area contributed by atoms with Gasteiger partial charge in [0.1, 0.15) is 5.75 Å². The van der Waals surface area contributed by atoms with Crippen LogP contribution in [0.5, 0.6) is 5.75 Å². The largest absolute Gasteiger partial charge is 0.507 e. The second-order valence-corrected chi connectivity index (χ2v) is 8.64. The molecule has 2 N–H and O–H groups in total. The molecule has 0 spiro atoms. The first-order valence-electron chi connectivity index (χ1n) is 9.59.